The Bertz CT molecular complexity index is 387. The summed E-state index contributed by atoms with van der Waals surface area (Å²) in [4.78, 5) is 12.4. The van der Waals surface area contributed by atoms with Crippen molar-refractivity contribution >= 4 is 17.7 Å². The maximum Gasteiger partial charge on any atom is 0.325 e. The van der Waals surface area contributed by atoms with E-state index in [9.17, 15) is 9.90 Å². The highest BCUT2D eigenvalue weighted by Gasteiger charge is 2.25. The molecular formula is C13H17NO2S. The minimum Gasteiger partial charge on any atom is -0.480 e. The highest BCUT2D eigenvalue weighted by atomic mass is 32.2. The van der Waals surface area contributed by atoms with Crippen molar-refractivity contribution in [2.24, 2.45) is 5.92 Å². The lowest BCUT2D eigenvalue weighted by Gasteiger charge is -2.14. The SMILES string of the molecule is CSc1ccc(C(NCC2CC2)C(=O)O)cc1. The van der Waals surface area contributed by atoms with Gasteiger partial charge in [0.1, 0.15) is 6.04 Å². The first-order chi connectivity index (χ1) is 8.20. The Hall–Kier alpha value is -1.00. The predicted molar refractivity (Wildman–Crippen MR) is 69.3 cm³/mol. The highest BCUT2D eigenvalue weighted by Crippen LogP contribution is 2.29. The third kappa shape index (κ3) is 3.48. The van der Waals surface area contributed by atoms with Gasteiger partial charge in [-0.15, -0.1) is 11.8 Å². The monoisotopic (exact) mass is 251 g/mol. The largest absolute Gasteiger partial charge is 0.480 e. The molecule has 0 heterocycles. The average molecular weight is 251 g/mol. The molecule has 0 aliphatic heterocycles. The standard InChI is InChI=1S/C13H17NO2S/c1-17-11-6-4-10(5-7-11)12(13(15)16)14-8-9-2-3-9/h4-7,9,12,14H,2-3,8H2,1H3,(H,15,16). The fourth-order valence-electron chi connectivity index (χ4n) is 1.75. The zero-order valence-corrected chi connectivity index (χ0v) is 10.7. The summed E-state index contributed by atoms with van der Waals surface area (Å²) in [6, 6.07) is 7.14. The molecule has 1 fully saturated rings. The first kappa shape index (κ1) is 12.5. The zero-order chi connectivity index (χ0) is 12.3. The number of nitrogens with one attached hydrogen (secondary N) is 1. The van der Waals surface area contributed by atoms with Gasteiger partial charge in [0.15, 0.2) is 0 Å². The van der Waals surface area contributed by atoms with E-state index < -0.39 is 12.0 Å². The molecule has 1 aromatic carbocycles. The van der Waals surface area contributed by atoms with Crippen LogP contribution >= 0.6 is 11.8 Å². The van der Waals surface area contributed by atoms with Gasteiger partial charge in [0.2, 0.25) is 0 Å². The van der Waals surface area contributed by atoms with Crippen LogP contribution in [-0.4, -0.2) is 23.9 Å². The second-order valence-corrected chi connectivity index (χ2v) is 5.28. The number of rotatable bonds is 6. The van der Waals surface area contributed by atoms with Crippen molar-refractivity contribution in [1.29, 1.82) is 0 Å². The molecule has 0 aromatic heterocycles. The zero-order valence-electron chi connectivity index (χ0n) is 9.85. The van der Waals surface area contributed by atoms with E-state index in [2.05, 4.69) is 5.32 Å². The van der Waals surface area contributed by atoms with Crippen molar-refractivity contribution in [1.82, 2.24) is 5.32 Å². The third-order valence-electron chi connectivity index (χ3n) is 3.00. The van der Waals surface area contributed by atoms with Gasteiger partial charge in [0.25, 0.3) is 0 Å². The van der Waals surface area contributed by atoms with E-state index in [-0.39, 0.29) is 0 Å². The van der Waals surface area contributed by atoms with Gasteiger partial charge in [0, 0.05) is 4.90 Å². The molecule has 2 N–H and O–H groups in total. The Labute approximate surface area is 106 Å². The lowest BCUT2D eigenvalue weighted by atomic mass is 10.1. The van der Waals surface area contributed by atoms with Crippen molar-refractivity contribution in [2.75, 3.05) is 12.8 Å². The lowest BCUT2D eigenvalue weighted by molar-refractivity contribution is -0.139. The maximum atomic E-state index is 11.2. The minimum absolute atomic E-state index is 0.577. The van der Waals surface area contributed by atoms with Crippen LogP contribution in [0.3, 0.4) is 0 Å². The normalized spacial score (nSPS) is 16.8. The van der Waals surface area contributed by atoms with Crippen LogP contribution in [0.25, 0.3) is 0 Å². The second kappa shape index (κ2) is 5.56. The molecule has 1 unspecified atom stereocenters. The third-order valence-corrected chi connectivity index (χ3v) is 3.75. The first-order valence-electron chi connectivity index (χ1n) is 5.81. The van der Waals surface area contributed by atoms with Gasteiger partial charge < -0.3 is 10.4 Å². The summed E-state index contributed by atoms with van der Waals surface area (Å²) in [5.74, 6) is -0.120. The van der Waals surface area contributed by atoms with Crippen LogP contribution in [0.2, 0.25) is 0 Å². The number of benzene rings is 1. The van der Waals surface area contributed by atoms with E-state index in [1.165, 1.54) is 12.8 Å². The molecule has 1 aromatic rings. The second-order valence-electron chi connectivity index (χ2n) is 4.40. The van der Waals surface area contributed by atoms with Crippen molar-refractivity contribution < 1.29 is 9.90 Å². The van der Waals surface area contributed by atoms with Crippen LogP contribution in [0.4, 0.5) is 0 Å². The van der Waals surface area contributed by atoms with Crippen LogP contribution in [0, 0.1) is 5.92 Å². The van der Waals surface area contributed by atoms with Crippen molar-refractivity contribution in [2.45, 2.75) is 23.8 Å². The Kier molecular flexibility index (Phi) is 4.07. The number of hydrogen-bond donors (Lipinski definition) is 2. The fraction of sp³-hybridized carbons (Fsp3) is 0.462. The topological polar surface area (TPSA) is 49.3 Å². The molecule has 0 amide bonds. The Balaban J connectivity index is 2.04. The number of thioether (sulfide) groups is 1. The number of carboxylic acid groups (broad SMARTS) is 1. The Morgan fingerprint density at radius 3 is 2.59 bits per heavy atom. The molecule has 4 heteroatoms. The molecule has 0 bridgehead atoms. The summed E-state index contributed by atoms with van der Waals surface area (Å²) in [5, 5.41) is 12.3. The van der Waals surface area contributed by atoms with Crippen LogP contribution in [0.15, 0.2) is 29.2 Å². The number of hydrogen-bond acceptors (Lipinski definition) is 3. The van der Waals surface area contributed by atoms with Crippen molar-refractivity contribution in [3.63, 3.8) is 0 Å². The Morgan fingerprint density at radius 1 is 1.47 bits per heavy atom. The quantitative estimate of drug-likeness (QED) is 0.763. The summed E-state index contributed by atoms with van der Waals surface area (Å²) in [6.45, 7) is 0.807. The maximum absolute atomic E-state index is 11.2. The lowest BCUT2D eigenvalue weighted by Crippen LogP contribution is -2.30. The first-order valence-corrected chi connectivity index (χ1v) is 7.03. The molecule has 1 aliphatic rings. The average Bonchev–Trinajstić information content (AvgIpc) is 3.14. The summed E-state index contributed by atoms with van der Waals surface area (Å²) < 4.78 is 0. The smallest absolute Gasteiger partial charge is 0.325 e. The van der Waals surface area contributed by atoms with Gasteiger partial charge >= 0.3 is 5.97 Å². The number of carbonyl (C=O) groups is 1. The van der Waals surface area contributed by atoms with Gasteiger partial charge in [-0.1, -0.05) is 12.1 Å². The molecule has 0 saturated heterocycles. The summed E-state index contributed by atoms with van der Waals surface area (Å²) in [7, 11) is 0. The summed E-state index contributed by atoms with van der Waals surface area (Å²) in [6.07, 6.45) is 4.46. The van der Waals surface area contributed by atoms with E-state index in [0.717, 1.165) is 17.0 Å². The van der Waals surface area contributed by atoms with E-state index in [0.29, 0.717) is 5.92 Å². The van der Waals surface area contributed by atoms with Gasteiger partial charge in [-0.2, -0.15) is 0 Å². The van der Waals surface area contributed by atoms with Crippen molar-refractivity contribution in [3.05, 3.63) is 29.8 Å². The van der Waals surface area contributed by atoms with E-state index >= 15 is 0 Å². The van der Waals surface area contributed by atoms with E-state index in [1.54, 1.807) is 11.8 Å². The van der Waals surface area contributed by atoms with Crippen LogP contribution in [-0.2, 0) is 4.79 Å². The van der Waals surface area contributed by atoms with Gasteiger partial charge in [-0.25, -0.2) is 0 Å². The summed E-state index contributed by atoms with van der Waals surface area (Å²) in [5.41, 5.74) is 0.830. The van der Waals surface area contributed by atoms with Gasteiger partial charge in [0.05, 0.1) is 0 Å². The van der Waals surface area contributed by atoms with Crippen LogP contribution < -0.4 is 5.32 Å². The van der Waals surface area contributed by atoms with Crippen molar-refractivity contribution in [3.8, 4) is 0 Å². The number of aliphatic carboxylic acids is 1. The van der Waals surface area contributed by atoms with Crippen LogP contribution in [0.1, 0.15) is 24.4 Å². The molecule has 1 aliphatic carbocycles. The molecule has 1 atom stereocenters. The number of carboxylic acids is 1. The highest BCUT2D eigenvalue weighted by molar-refractivity contribution is 7.98. The minimum atomic E-state index is -0.803. The molecular weight excluding hydrogens is 234 g/mol. The molecule has 2 rings (SSSR count). The Morgan fingerprint density at radius 2 is 2.12 bits per heavy atom. The molecule has 3 nitrogen and oxygen atoms in total. The van der Waals surface area contributed by atoms with E-state index in [4.69, 9.17) is 0 Å². The predicted octanol–water partition coefficient (Wildman–Crippen LogP) is 2.53. The molecule has 1 saturated carbocycles. The van der Waals surface area contributed by atoms with Gasteiger partial charge in [-0.05, 0) is 49.3 Å². The van der Waals surface area contributed by atoms with E-state index in [1.807, 2.05) is 30.5 Å². The fourth-order valence-corrected chi connectivity index (χ4v) is 2.16. The molecule has 17 heavy (non-hydrogen) atoms. The van der Waals surface area contributed by atoms with Crippen LogP contribution in [0.5, 0.6) is 0 Å². The summed E-state index contributed by atoms with van der Waals surface area (Å²) >= 11 is 1.66. The molecule has 92 valence electrons. The molecule has 0 spiro atoms. The molecule has 0 radical (unpaired) electrons. The van der Waals surface area contributed by atoms with Gasteiger partial charge in [-0.3, -0.25) is 4.79 Å².